The zero-order valence-electron chi connectivity index (χ0n) is 9.22. The molecule has 14 heavy (non-hydrogen) atoms. The molecule has 0 unspecified atom stereocenters. The summed E-state index contributed by atoms with van der Waals surface area (Å²) < 4.78 is 5.20. The largest absolute Gasteiger partial charge is 0.497 e. The van der Waals surface area contributed by atoms with Crippen molar-refractivity contribution in [3.8, 4) is 18.1 Å². The van der Waals surface area contributed by atoms with Crippen molar-refractivity contribution in [1.29, 1.82) is 0 Å². The smallest absolute Gasteiger partial charge is 0.118 e. The highest BCUT2D eigenvalue weighted by Gasteiger charge is 2.20. The van der Waals surface area contributed by atoms with Crippen LogP contribution >= 0.6 is 0 Å². The van der Waals surface area contributed by atoms with Crippen molar-refractivity contribution in [2.75, 3.05) is 7.11 Å². The van der Waals surface area contributed by atoms with Gasteiger partial charge in [0.05, 0.1) is 15.2 Å². The van der Waals surface area contributed by atoms with Crippen LogP contribution in [0.15, 0.2) is 18.2 Å². The molecule has 1 nitrogen and oxygen atoms in total. The van der Waals surface area contributed by atoms with Gasteiger partial charge < -0.3 is 4.74 Å². The van der Waals surface area contributed by atoms with E-state index in [4.69, 9.17) is 11.2 Å². The second kappa shape index (κ2) is 3.89. The Bertz CT molecular complexity index is 369. The van der Waals surface area contributed by atoms with E-state index in [9.17, 15) is 0 Å². The summed E-state index contributed by atoms with van der Waals surface area (Å²) >= 11 is 0. The molecule has 0 aromatic heterocycles. The summed E-state index contributed by atoms with van der Waals surface area (Å²) in [6, 6.07) is 5.95. The number of methoxy groups -OCH3 is 1. The molecule has 2 heteroatoms. The van der Waals surface area contributed by atoms with Crippen LogP contribution in [-0.4, -0.2) is 15.2 Å². The molecule has 0 N–H and O–H groups in total. The summed E-state index contributed by atoms with van der Waals surface area (Å²) in [6.45, 7) is 6.84. The van der Waals surface area contributed by atoms with Crippen molar-refractivity contribution in [3.63, 3.8) is 0 Å². The zero-order chi connectivity index (χ0) is 10.8. The van der Waals surface area contributed by atoms with Crippen molar-refractivity contribution in [1.82, 2.24) is 0 Å². The maximum Gasteiger partial charge on any atom is 0.118 e. The number of hydrogen-bond acceptors (Lipinski definition) is 1. The third-order valence-electron chi connectivity index (χ3n) is 2.19. The van der Waals surface area contributed by atoms with Gasteiger partial charge in [0.2, 0.25) is 0 Å². The SMILES string of the molecule is C#Cc1ccc(OC)cc1[Si](C)(C)C. The van der Waals surface area contributed by atoms with Gasteiger partial charge in [-0.1, -0.05) is 25.6 Å². The summed E-state index contributed by atoms with van der Waals surface area (Å²) in [6.07, 6.45) is 5.47. The molecule has 74 valence electrons. The molecule has 0 aliphatic rings. The fraction of sp³-hybridized carbons (Fsp3) is 0.333. The zero-order valence-corrected chi connectivity index (χ0v) is 10.2. The molecule has 0 amide bonds. The molecule has 1 rings (SSSR count). The lowest BCUT2D eigenvalue weighted by atomic mass is 10.2. The molecule has 0 saturated heterocycles. The van der Waals surface area contributed by atoms with E-state index in [1.807, 2.05) is 12.1 Å². The minimum atomic E-state index is -1.37. The van der Waals surface area contributed by atoms with E-state index in [0.717, 1.165) is 11.3 Å². The highest BCUT2D eigenvalue weighted by atomic mass is 28.3. The van der Waals surface area contributed by atoms with Gasteiger partial charge in [0.25, 0.3) is 0 Å². The lowest BCUT2D eigenvalue weighted by molar-refractivity contribution is 0.415. The third kappa shape index (κ3) is 2.18. The van der Waals surface area contributed by atoms with E-state index in [2.05, 4.69) is 31.6 Å². The van der Waals surface area contributed by atoms with Crippen LogP contribution < -0.4 is 9.92 Å². The van der Waals surface area contributed by atoms with E-state index in [0.29, 0.717) is 0 Å². The second-order valence-electron chi connectivity index (χ2n) is 4.31. The van der Waals surface area contributed by atoms with E-state index in [1.54, 1.807) is 7.11 Å². The Morgan fingerprint density at radius 2 is 1.93 bits per heavy atom. The van der Waals surface area contributed by atoms with Gasteiger partial charge in [0, 0.05) is 5.56 Å². The summed E-state index contributed by atoms with van der Waals surface area (Å²) in [5.41, 5.74) is 1.00. The van der Waals surface area contributed by atoms with E-state index >= 15 is 0 Å². The minimum Gasteiger partial charge on any atom is -0.497 e. The number of hydrogen-bond donors (Lipinski definition) is 0. The fourth-order valence-corrected chi connectivity index (χ4v) is 2.94. The van der Waals surface area contributed by atoms with Crippen molar-refractivity contribution < 1.29 is 4.74 Å². The van der Waals surface area contributed by atoms with Crippen LogP contribution in [0.1, 0.15) is 5.56 Å². The number of rotatable bonds is 2. The van der Waals surface area contributed by atoms with Gasteiger partial charge >= 0.3 is 0 Å². The number of ether oxygens (including phenoxy) is 1. The molecule has 0 radical (unpaired) electrons. The van der Waals surface area contributed by atoms with Crippen molar-refractivity contribution in [3.05, 3.63) is 23.8 Å². The molecule has 0 bridgehead atoms. The summed E-state index contributed by atoms with van der Waals surface area (Å²) in [7, 11) is 0.310. The molecular weight excluding hydrogens is 188 g/mol. The van der Waals surface area contributed by atoms with Gasteiger partial charge in [-0.15, -0.1) is 6.42 Å². The average molecular weight is 204 g/mol. The highest BCUT2D eigenvalue weighted by Crippen LogP contribution is 2.14. The fourth-order valence-electron chi connectivity index (χ4n) is 1.40. The van der Waals surface area contributed by atoms with Crippen LogP contribution in [0.5, 0.6) is 5.75 Å². The van der Waals surface area contributed by atoms with Gasteiger partial charge in [0.15, 0.2) is 0 Å². The van der Waals surface area contributed by atoms with Gasteiger partial charge in [-0.05, 0) is 23.4 Å². The maximum absolute atomic E-state index is 5.47. The molecule has 0 fully saturated rings. The van der Waals surface area contributed by atoms with Gasteiger partial charge in [-0.25, -0.2) is 0 Å². The first-order valence-electron chi connectivity index (χ1n) is 4.64. The Labute approximate surface area is 87.1 Å². The topological polar surface area (TPSA) is 9.23 Å². The second-order valence-corrected chi connectivity index (χ2v) is 9.34. The Kier molecular flexibility index (Phi) is 3.02. The van der Waals surface area contributed by atoms with Crippen LogP contribution in [0.2, 0.25) is 19.6 Å². The Morgan fingerprint density at radius 1 is 1.29 bits per heavy atom. The molecule has 0 aliphatic heterocycles. The quantitative estimate of drug-likeness (QED) is 0.530. The van der Waals surface area contributed by atoms with Gasteiger partial charge in [-0.2, -0.15) is 0 Å². The standard InChI is InChI=1S/C12H16OSi/c1-6-10-7-8-11(13-2)9-12(10)14(3,4)5/h1,7-9H,2-5H3. The molecule has 0 spiro atoms. The van der Waals surface area contributed by atoms with Crippen LogP contribution in [0, 0.1) is 12.3 Å². The third-order valence-corrected chi connectivity index (χ3v) is 4.22. The number of terminal acetylenes is 1. The first-order valence-corrected chi connectivity index (χ1v) is 8.14. The van der Waals surface area contributed by atoms with Crippen molar-refractivity contribution in [2.24, 2.45) is 0 Å². The first kappa shape index (κ1) is 10.9. The molecule has 1 aromatic carbocycles. The lowest BCUT2D eigenvalue weighted by Gasteiger charge is -2.19. The van der Waals surface area contributed by atoms with Crippen LogP contribution in [0.25, 0.3) is 0 Å². The van der Waals surface area contributed by atoms with E-state index in [-0.39, 0.29) is 0 Å². The van der Waals surface area contributed by atoms with Crippen LogP contribution in [-0.2, 0) is 0 Å². The molecule has 0 aliphatic carbocycles. The maximum atomic E-state index is 5.47. The predicted octanol–water partition coefficient (Wildman–Crippen LogP) is 2.22. The van der Waals surface area contributed by atoms with Crippen LogP contribution in [0.3, 0.4) is 0 Å². The molecule has 0 atom stereocenters. The Balaban J connectivity index is 3.31. The molecule has 0 heterocycles. The first-order chi connectivity index (χ1) is 6.49. The Morgan fingerprint density at radius 3 is 2.36 bits per heavy atom. The molecule has 1 aromatic rings. The molecular formula is C12H16OSi. The Hall–Kier alpha value is -1.20. The number of benzene rings is 1. The monoisotopic (exact) mass is 204 g/mol. The predicted molar refractivity (Wildman–Crippen MR) is 63.9 cm³/mol. The molecule has 0 saturated carbocycles. The average Bonchev–Trinajstić information content (AvgIpc) is 2.15. The van der Waals surface area contributed by atoms with Gasteiger partial charge in [-0.3, -0.25) is 0 Å². The summed E-state index contributed by atoms with van der Waals surface area (Å²) in [5, 5.41) is 1.29. The summed E-state index contributed by atoms with van der Waals surface area (Å²) in [4.78, 5) is 0. The van der Waals surface area contributed by atoms with E-state index in [1.165, 1.54) is 5.19 Å². The lowest BCUT2D eigenvalue weighted by Crippen LogP contribution is -2.39. The van der Waals surface area contributed by atoms with E-state index < -0.39 is 8.07 Å². The normalized spacial score (nSPS) is 10.8. The summed E-state index contributed by atoms with van der Waals surface area (Å²) in [5.74, 6) is 3.62. The van der Waals surface area contributed by atoms with Crippen molar-refractivity contribution in [2.45, 2.75) is 19.6 Å². The van der Waals surface area contributed by atoms with Gasteiger partial charge in [0.1, 0.15) is 5.75 Å². The van der Waals surface area contributed by atoms with Crippen LogP contribution in [0.4, 0.5) is 0 Å². The minimum absolute atomic E-state index is 0.890. The van der Waals surface area contributed by atoms with Crippen molar-refractivity contribution >= 4 is 13.3 Å². The highest BCUT2D eigenvalue weighted by molar-refractivity contribution is 6.89.